The molecule has 15 heavy (non-hydrogen) atoms. The predicted octanol–water partition coefficient (Wildman–Crippen LogP) is 1.01. The first-order valence-electron chi connectivity index (χ1n) is 4.29. The van der Waals surface area contributed by atoms with E-state index < -0.39 is 6.03 Å². The number of imide groups is 1. The van der Waals surface area contributed by atoms with Crippen LogP contribution in [0.3, 0.4) is 0 Å². The van der Waals surface area contributed by atoms with Crippen molar-refractivity contribution in [3.8, 4) is 0 Å². The minimum atomic E-state index is -0.505. The molecule has 0 spiro atoms. The van der Waals surface area contributed by atoms with Crippen LogP contribution in [0, 0.1) is 0 Å². The van der Waals surface area contributed by atoms with Gasteiger partial charge in [-0.3, -0.25) is 15.1 Å². The Labute approximate surface area is 94.5 Å². The second kappa shape index (κ2) is 3.90. The number of hydrogen-bond acceptors (Lipinski definition) is 3. The van der Waals surface area contributed by atoms with Crippen LogP contribution in [0.1, 0.15) is 0 Å². The molecule has 2 N–H and O–H groups in total. The number of nitrogens with one attached hydrogen (secondary N) is 2. The Morgan fingerprint density at radius 1 is 1.20 bits per heavy atom. The third-order valence-electron chi connectivity index (χ3n) is 1.93. The number of rotatable bonds is 1. The van der Waals surface area contributed by atoms with E-state index in [0.29, 0.717) is 0 Å². The quantitative estimate of drug-likeness (QED) is 0.800. The van der Waals surface area contributed by atoms with Crippen molar-refractivity contribution in [3.05, 3.63) is 28.7 Å². The molecule has 0 radical (unpaired) electrons. The third-order valence-corrected chi connectivity index (χ3v) is 2.46. The molecule has 1 aliphatic heterocycles. The summed E-state index contributed by atoms with van der Waals surface area (Å²) in [6.45, 7) is 0.118. The molecular formula is C9H8BrN3O2. The van der Waals surface area contributed by atoms with Crippen LogP contribution in [0.2, 0.25) is 0 Å². The number of amides is 3. The number of carbonyl (C=O) groups is 2. The summed E-state index contributed by atoms with van der Waals surface area (Å²) in [5, 5.41) is 3.64. The molecular weight excluding hydrogens is 262 g/mol. The number of anilines is 1. The summed E-state index contributed by atoms with van der Waals surface area (Å²) in [7, 11) is 0. The summed E-state index contributed by atoms with van der Waals surface area (Å²) in [6, 6.07) is 6.79. The topological polar surface area (TPSA) is 61.4 Å². The van der Waals surface area contributed by atoms with Gasteiger partial charge in [0.15, 0.2) is 0 Å². The molecule has 1 saturated heterocycles. The lowest BCUT2D eigenvalue weighted by atomic mass is 10.3. The van der Waals surface area contributed by atoms with E-state index in [2.05, 4.69) is 26.7 Å². The molecule has 1 aliphatic rings. The number of halogens is 1. The number of nitrogens with zero attached hydrogens (tertiary/aromatic N) is 1. The normalized spacial score (nSPS) is 15.9. The molecule has 0 atom stereocenters. The zero-order valence-electron chi connectivity index (χ0n) is 7.66. The Balaban J connectivity index is 2.19. The van der Waals surface area contributed by atoms with Crippen molar-refractivity contribution in [2.24, 2.45) is 0 Å². The molecule has 0 saturated carbocycles. The maximum atomic E-state index is 11.1. The van der Waals surface area contributed by atoms with E-state index in [0.717, 1.165) is 10.2 Å². The summed E-state index contributed by atoms with van der Waals surface area (Å²) in [5.41, 5.74) is 3.29. The van der Waals surface area contributed by atoms with Crippen LogP contribution in [-0.2, 0) is 4.79 Å². The van der Waals surface area contributed by atoms with Crippen LogP contribution in [-0.4, -0.2) is 18.5 Å². The van der Waals surface area contributed by atoms with Gasteiger partial charge in [-0.05, 0) is 24.3 Å². The Hall–Kier alpha value is -1.56. The first kappa shape index (κ1) is 9.97. The largest absolute Gasteiger partial charge is 0.340 e. The van der Waals surface area contributed by atoms with Crippen molar-refractivity contribution < 1.29 is 9.59 Å². The van der Waals surface area contributed by atoms with Gasteiger partial charge in [0.25, 0.3) is 0 Å². The minimum absolute atomic E-state index is 0.118. The molecule has 0 bridgehead atoms. The van der Waals surface area contributed by atoms with Gasteiger partial charge in [-0.1, -0.05) is 15.9 Å². The van der Waals surface area contributed by atoms with E-state index in [9.17, 15) is 9.59 Å². The zero-order chi connectivity index (χ0) is 10.8. The van der Waals surface area contributed by atoms with E-state index in [4.69, 9.17) is 0 Å². The maximum absolute atomic E-state index is 11.1. The highest BCUT2D eigenvalue weighted by Crippen LogP contribution is 2.17. The average molecular weight is 270 g/mol. The van der Waals surface area contributed by atoms with Gasteiger partial charge in [0.1, 0.15) is 6.54 Å². The first-order valence-corrected chi connectivity index (χ1v) is 5.08. The number of benzene rings is 1. The molecule has 0 unspecified atom stereocenters. The standard InChI is InChI=1S/C9H8BrN3O2/c10-6-1-3-7(4-2-6)13-5-8(14)11-9(15)12-13/h1-4H,5H2,(H2,11,12,14,15). The van der Waals surface area contributed by atoms with E-state index in [1.165, 1.54) is 5.01 Å². The van der Waals surface area contributed by atoms with E-state index >= 15 is 0 Å². The highest BCUT2D eigenvalue weighted by Gasteiger charge is 2.21. The SMILES string of the molecule is O=C1CN(c2ccc(Br)cc2)NC(=O)N1. The third kappa shape index (κ3) is 2.27. The summed E-state index contributed by atoms with van der Waals surface area (Å²) in [6.07, 6.45) is 0. The highest BCUT2D eigenvalue weighted by atomic mass is 79.9. The van der Waals surface area contributed by atoms with Gasteiger partial charge in [-0.2, -0.15) is 0 Å². The smallest absolute Gasteiger partial charge is 0.275 e. The Bertz CT molecular complexity index is 388. The van der Waals surface area contributed by atoms with Gasteiger partial charge in [0.05, 0.1) is 5.69 Å². The molecule has 0 aromatic heterocycles. The number of urea groups is 1. The molecule has 3 amide bonds. The lowest BCUT2D eigenvalue weighted by Gasteiger charge is -2.28. The summed E-state index contributed by atoms with van der Waals surface area (Å²) < 4.78 is 0.944. The molecule has 1 heterocycles. The number of carbonyl (C=O) groups excluding carboxylic acids is 2. The molecule has 1 aromatic rings. The average Bonchev–Trinajstić information content (AvgIpc) is 2.17. The van der Waals surface area contributed by atoms with Crippen LogP contribution >= 0.6 is 15.9 Å². The number of hydrazine groups is 1. The summed E-state index contributed by atoms with van der Waals surface area (Å²) >= 11 is 3.31. The van der Waals surface area contributed by atoms with Crippen molar-refractivity contribution in [1.82, 2.24) is 10.7 Å². The summed E-state index contributed by atoms with van der Waals surface area (Å²) in [4.78, 5) is 22.1. The Kier molecular flexibility index (Phi) is 2.59. The van der Waals surface area contributed by atoms with Crippen LogP contribution in [0.15, 0.2) is 28.7 Å². The second-order valence-corrected chi connectivity index (χ2v) is 3.97. The lowest BCUT2D eigenvalue weighted by molar-refractivity contribution is -0.119. The molecule has 2 rings (SSSR count). The predicted molar refractivity (Wildman–Crippen MR) is 58.2 cm³/mol. The van der Waals surface area contributed by atoms with Crippen LogP contribution in [0.5, 0.6) is 0 Å². The van der Waals surface area contributed by atoms with Gasteiger partial charge in [-0.15, -0.1) is 0 Å². The molecule has 0 aliphatic carbocycles. The second-order valence-electron chi connectivity index (χ2n) is 3.05. The van der Waals surface area contributed by atoms with Gasteiger partial charge in [-0.25, -0.2) is 10.2 Å². The molecule has 78 valence electrons. The van der Waals surface area contributed by atoms with Gasteiger partial charge in [0, 0.05) is 4.47 Å². The van der Waals surface area contributed by atoms with E-state index in [1.54, 1.807) is 0 Å². The first-order chi connectivity index (χ1) is 7.15. The summed E-state index contributed by atoms with van der Waals surface area (Å²) in [5.74, 6) is -0.318. The van der Waals surface area contributed by atoms with Gasteiger partial charge in [0.2, 0.25) is 5.91 Å². The minimum Gasteiger partial charge on any atom is -0.275 e. The van der Waals surface area contributed by atoms with Crippen LogP contribution in [0.4, 0.5) is 10.5 Å². The monoisotopic (exact) mass is 269 g/mol. The fourth-order valence-electron chi connectivity index (χ4n) is 1.28. The van der Waals surface area contributed by atoms with Crippen molar-refractivity contribution >= 4 is 33.6 Å². The van der Waals surface area contributed by atoms with Gasteiger partial charge < -0.3 is 0 Å². The molecule has 1 aromatic carbocycles. The fraction of sp³-hybridized carbons (Fsp3) is 0.111. The fourth-order valence-corrected chi connectivity index (χ4v) is 1.54. The highest BCUT2D eigenvalue weighted by molar-refractivity contribution is 9.10. The number of hydrogen-bond donors (Lipinski definition) is 2. The van der Waals surface area contributed by atoms with E-state index in [-0.39, 0.29) is 12.5 Å². The van der Waals surface area contributed by atoms with Crippen molar-refractivity contribution in [2.45, 2.75) is 0 Å². The maximum Gasteiger partial charge on any atom is 0.340 e. The van der Waals surface area contributed by atoms with Gasteiger partial charge >= 0.3 is 6.03 Å². The molecule has 1 fully saturated rings. The Morgan fingerprint density at radius 3 is 2.47 bits per heavy atom. The Morgan fingerprint density at radius 2 is 1.87 bits per heavy atom. The van der Waals surface area contributed by atoms with Crippen LogP contribution < -0.4 is 15.8 Å². The van der Waals surface area contributed by atoms with Crippen molar-refractivity contribution in [2.75, 3.05) is 11.6 Å². The molecule has 6 heteroatoms. The zero-order valence-corrected chi connectivity index (χ0v) is 9.24. The van der Waals surface area contributed by atoms with Crippen molar-refractivity contribution in [1.29, 1.82) is 0 Å². The lowest BCUT2D eigenvalue weighted by Crippen LogP contribution is -2.59. The van der Waals surface area contributed by atoms with E-state index in [1.807, 2.05) is 24.3 Å². The van der Waals surface area contributed by atoms with Crippen LogP contribution in [0.25, 0.3) is 0 Å². The van der Waals surface area contributed by atoms with Crippen molar-refractivity contribution in [3.63, 3.8) is 0 Å². The molecule has 5 nitrogen and oxygen atoms in total.